The zero-order valence-electron chi connectivity index (χ0n) is 11.8. The Hall–Kier alpha value is -2.41. The van der Waals surface area contributed by atoms with Crippen LogP contribution in [-0.4, -0.2) is 36.1 Å². The SMILES string of the molecule is COC1=CC=C(C2=NNC(=O)CC2C)C2=CC(C=O)NN12. The summed E-state index contributed by atoms with van der Waals surface area (Å²) in [5.74, 6) is 0.528. The zero-order chi connectivity index (χ0) is 15.0. The van der Waals surface area contributed by atoms with Gasteiger partial charge in [-0.05, 0) is 12.2 Å². The van der Waals surface area contributed by atoms with Gasteiger partial charge in [0.25, 0.3) is 0 Å². The number of rotatable bonds is 3. The third-order valence-corrected chi connectivity index (χ3v) is 3.64. The maximum absolute atomic E-state index is 11.4. The van der Waals surface area contributed by atoms with Crippen molar-refractivity contribution in [3.63, 3.8) is 0 Å². The fraction of sp³-hybridized carbons (Fsp3) is 0.357. The number of ether oxygens (including phenoxy) is 1. The maximum atomic E-state index is 11.4. The summed E-state index contributed by atoms with van der Waals surface area (Å²) in [5, 5.41) is 5.89. The Kier molecular flexibility index (Phi) is 3.34. The Balaban J connectivity index is 2.01. The van der Waals surface area contributed by atoms with Crippen molar-refractivity contribution in [2.24, 2.45) is 11.0 Å². The van der Waals surface area contributed by atoms with Gasteiger partial charge in [0.05, 0.1) is 18.5 Å². The van der Waals surface area contributed by atoms with E-state index in [9.17, 15) is 9.59 Å². The number of nitrogens with zero attached hydrogens (tertiary/aromatic N) is 2. The molecule has 0 aromatic rings. The molecule has 0 spiro atoms. The minimum absolute atomic E-state index is 0.0144. The molecule has 2 unspecified atom stereocenters. The van der Waals surface area contributed by atoms with Gasteiger partial charge >= 0.3 is 0 Å². The first-order chi connectivity index (χ1) is 10.1. The van der Waals surface area contributed by atoms with Crippen LogP contribution in [0.5, 0.6) is 0 Å². The molecule has 110 valence electrons. The summed E-state index contributed by atoms with van der Waals surface area (Å²) in [6.45, 7) is 1.96. The molecule has 3 aliphatic rings. The van der Waals surface area contributed by atoms with Crippen LogP contribution in [0.1, 0.15) is 13.3 Å². The van der Waals surface area contributed by atoms with E-state index in [0.29, 0.717) is 12.3 Å². The number of carbonyl (C=O) groups is 2. The lowest BCUT2D eigenvalue weighted by Gasteiger charge is -2.30. The van der Waals surface area contributed by atoms with Gasteiger partial charge in [0.2, 0.25) is 11.8 Å². The lowest BCUT2D eigenvalue weighted by Crippen LogP contribution is -2.40. The van der Waals surface area contributed by atoms with Gasteiger partial charge in [0.1, 0.15) is 12.3 Å². The van der Waals surface area contributed by atoms with Gasteiger partial charge in [-0.3, -0.25) is 4.79 Å². The number of carbonyl (C=O) groups excluding carboxylic acids is 2. The van der Waals surface area contributed by atoms with Crippen molar-refractivity contribution in [3.05, 3.63) is 35.4 Å². The molecule has 0 saturated heterocycles. The number of nitrogens with one attached hydrogen (secondary N) is 2. The Morgan fingerprint density at radius 2 is 2.29 bits per heavy atom. The Morgan fingerprint density at radius 3 is 2.95 bits per heavy atom. The number of methoxy groups -OCH3 is 1. The number of allylic oxidation sites excluding steroid dienone is 3. The first-order valence-corrected chi connectivity index (χ1v) is 6.70. The van der Waals surface area contributed by atoms with Gasteiger partial charge in [-0.25, -0.2) is 15.9 Å². The predicted octanol–water partition coefficient (Wildman–Crippen LogP) is 0.198. The number of hydrazone groups is 1. The third kappa shape index (κ3) is 2.25. The standard InChI is InChI=1S/C14H16N4O3/c1-8-5-12(20)15-16-14(8)10-3-4-13(21-2)18-11(10)6-9(7-19)17-18/h3-4,6-9,17H,5H2,1-2H3,(H,15,20). The van der Waals surface area contributed by atoms with E-state index < -0.39 is 6.04 Å². The lowest BCUT2D eigenvalue weighted by atomic mass is 9.90. The second-order valence-corrected chi connectivity index (χ2v) is 5.10. The van der Waals surface area contributed by atoms with E-state index in [1.165, 1.54) is 0 Å². The molecule has 2 N–H and O–H groups in total. The van der Waals surface area contributed by atoms with Crippen molar-refractivity contribution in [2.45, 2.75) is 19.4 Å². The molecule has 0 saturated carbocycles. The monoisotopic (exact) mass is 288 g/mol. The number of hydrazine groups is 1. The molecule has 0 radical (unpaired) electrons. The number of amides is 1. The van der Waals surface area contributed by atoms with Crippen LogP contribution in [-0.2, 0) is 14.3 Å². The minimum atomic E-state index is -0.408. The van der Waals surface area contributed by atoms with Crippen molar-refractivity contribution < 1.29 is 14.3 Å². The van der Waals surface area contributed by atoms with Gasteiger partial charge in [0, 0.05) is 24.0 Å². The zero-order valence-corrected chi connectivity index (χ0v) is 11.8. The molecular formula is C14H16N4O3. The third-order valence-electron chi connectivity index (χ3n) is 3.64. The summed E-state index contributed by atoms with van der Waals surface area (Å²) in [6, 6.07) is -0.408. The molecule has 0 aromatic carbocycles. The summed E-state index contributed by atoms with van der Waals surface area (Å²) in [7, 11) is 1.57. The van der Waals surface area contributed by atoms with Crippen LogP contribution >= 0.6 is 0 Å². The topological polar surface area (TPSA) is 83.0 Å². The molecule has 1 amide bonds. The van der Waals surface area contributed by atoms with Crippen LogP contribution in [0.2, 0.25) is 0 Å². The molecule has 2 atom stereocenters. The first kappa shape index (κ1) is 13.6. The summed E-state index contributed by atoms with van der Waals surface area (Å²) >= 11 is 0. The van der Waals surface area contributed by atoms with Gasteiger partial charge in [-0.15, -0.1) is 0 Å². The average molecular weight is 288 g/mol. The summed E-state index contributed by atoms with van der Waals surface area (Å²) in [5.41, 5.74) is 8.03. The van der Waals surface area contributed by atoms with Crippen molar-refractivity contribution in [2.75, 3.05) is 7.11 Å². The molecule has 0 fully saturated rings. The minimum Gasteiger partial charge on any atom is -0.481 e. The predicted molar refractivity (Wildman–Crippen MR) is 75.4 cm³/mol. The van der Waals surface area contributed by atoms with Crippen molar-refractivity contribution in [3.8, 4) is 0 Å². The van der Waals surface area contributed by atoms with Crippen molar-refractivity contribution in [1.82, 2.24) is 15.9 Å². The molecule has 0 aromatic heterocycles. The highest BCUT2D eigenvalue weighted by atomic mass is 16.5. The Morgan fingerprint density at radius 1 is 1.48 bits per heavy atom. The number of fused-ring (bicyclic) bond motifs is 1. The maximum Gasteiger partial charge on any atom is 0.240 e. The van der Waals surface area contributed by atoms with Crippen LogP contribution in [0.4, 0.5) is 0 Å². The summed E-state index contributed by atoms with van der Waals surface area (Å²) in [4.78, 5) is 22.4. The number of hydrogen-bond acceptors (Lipinski definition) is 6. The van der Waals surface area contributed by atoms with E-state index in [0.717, 1.165) is 23.3 Å². The van der Waals surface area contributed by atoms with Crippen LogP contribution in [0.15, 0.2) is 40.5 Å². The van der Waals surface area contributed by atoms with Gasteiger partial charge < -0.3 is 9.53 Å². The molecule has 3 heterocycles. The van der Waals surface area contributed by atoms with Gasteiger partial charge in [-0.2, -0.15) is 5.10 Å². The molecular weight excluding hydrogens is 272 g/mol. The molecule has 0 bridgehead atoms. The summed E-state index contributed by atoms with van der Waals surface area (Å²) < 4.78 is 5.29. The number of aldehydes is 1. The Bertz CT molecular complexity index is 618. The second-order valence-electron chi connectivity index (χ2n) is 5.10. The Labute approximate surface area is 122 Å². The summed E-state index contributed by atoms with van der Waals surface area (Å²) in [6.07, 6.45) is 6.73. The molecule has 3 aliphatic heterocycles. The fourth-order valence-electron chi connectivity index (χ4n) is 2.63. The van der Waals surface area contributed by atoms with Gasteiger partial charge in [-0.1, -0.05) is 6.92 Å². The van der Waals surface area contributed by atoms with Crippen LogP contribution in [0.25, 0.3) is 0 Å². The smallest absolute Gasteiger partial charge is 0.240 e. The molecule has 21 heavy (non-hydrogen) atoms. The molecule has 0 aliphatic carbocycles. The van der Waals surface area contributed by atoms with E-state index in [1.807, 2.05) is 19.1 Å². The normalized spacial score (nSPS) is 27.9. The highest BCUT2D eigenvalue weighted by molar-refractivity contribution is 6.08. The second kappa shape index (κ2) is 5.17. The first-order valence-electron chi connectivity index (χ1n) is 6.70. The van der Waals surface area contributed by atoms with Gasteiger partial charge in [0.15, 0.2) is 0 Å². The lowest BCUT2D eigenvalue weighted by molar-refractivity contribution is -0.121. The van der Waals surface area contributed by atoms with Crippen molar-refractivity contribution >= 4 is 17.9 Å². The highest BCUT2D eigenvalue weighted by Gasteiger charge is 2.34. The molecule has 7 heteroatoms. The fourth-order valence-corrected chi connectivity index (χ4v) is 2.63. The van der Waals surface area contributed by atoms with Crippen LogP contribution in [0, 0.1) is 5.92 Å². The average Bonchev–Trinajstić information content (AvgIpc) is 2.91. The van der Waals surface area contributed by atoms with E-state index >= 15 is 0 Å². The van der Waals surface area contributed by atoms with Crippen molar-refractivity contribution in [1.29, 1.82) is 0 Å². The van der Waals surface area contributed by atoms with E-state index in [2.05, 4.69) is 16.0 Å². The highest BCUT2D eigenvalue weighted by Crippen LogP contribution is 2.32. The largest absolute Gasteiger partial charge is 0.481 e. The number of hydrogen-bond donors (Lipinski definition) is 2. The van der Waals surface area contributed by atoms with Crippen LogP contribution in [0.3, 0.4) is 0 Å². The molecule has 7 nitrogen and oxygen atoms in total. The van der Waals surface area contributed by atoms with E-state index in [4.69, 9.17) is 4.74 Å². The van der Waals surface area contributed by atoms with E-state index in [-0.39, 0.29) is 11.8 Å². The van der Waals surface area contributed by atoms with Crippen LogP contribution < -0.4 is 10.9 Å². The quantitative estimate of drug-likeness (QED) is 0.725. The van der Waals surface area contributed by atoms with E-state index in [1.54, 1.807) is 18.2 Å². The molecule has 3 rings (SSSR count).